The Morgan fingerprint density at radius 3 is 2.86 bits per heavy atom. The molecule has 1 fully saturated rings. The molecule has 1 aromatic rings. The van der Waals surface area contributed by atoms with Gasteiger partial charge in [-0.2, -0.15) is 9.57 Å². The molecule has 0 saturated carbocycles. The van der Waals surface area contributed by atoms with Gasteiger partial charge in [0.2, 0.25) is 10.0 Å². The van der Waals surface area contributed by atoms with Gasteiger partial charge in [0, 0.05) is 11.0 Å². The van der Waals surface area contributed by atoms with Crippen LogP contribution < -0.4 is 0 Å². The number of nitriles is 1. The summed E-state index contributed by atoms with van der Waals surface area (Å²) in [7, 11) is -3.86. The normalized spacial score (nSPS) is 19.9. The number of sulfonamides is 1. The van der Waals surface area contributed by atoms with Crippen molar-refractivity contribution in [3.63, 3.8) is 0 Å². The lowest BCUT2D eigenvalue weighted by molar-refractivity contribution is 0.0311. The molecule has 9 heteroatoms. The molecular formula is C12H11BrN2O5S. The van der Waals surface area contributed by atoms with Gasteiger partial charge < -0.3 is 9.84 Å². The van der Waals surface area contributed by atoms with Crippen molar-refractivity contribution in [1.82, 2.24) is 4.31 Å². The van der Waals surface area contributed by atoms with E-state index in [1.165, 1.54) is 12.1 Å². The fourth-order valence-electron chi connectivity index (χ4n) is 1.90. The van der Waals surface area contributed by atoms with Crippen LogP contribution >= 0.6 is 15.9 Å². The molecule has 1 heterocycles. The van der Waals surface area contributed by atoms with E-state index < -0.39 is 22.1 Å². The third-order valence-electron chi connectivity index (χ3n) is 2.98. The molecule has 0 amide bonds. The van der Waals surface area contributed by atoms with Crippen LogP contribution in [0.1, 0.15) is 10.4 Å². The average Bonchev–Trinajstić information content (AvgIpc) is 2.47. The van der Waals surface area contributed by atoms with Crippen molar-refractivity contribution in [2.75, 3.05) is 19.7 Å². The molecule has 21 heavy (non-hydrogen) atoms. The molecule has 1 saturated heterocycles. The topological polar surface area (TPSA) is 108 Å². The smallest absolute Gasteiger partial charge is 0.336 e. The Labute approximate surface area is 129 Å². The molecule has 1 N–H and O–H groups in total. The minimum absolute atomic E-state index is 0.0721. The Hall–Kier alpha value is -1.47. The molecule has 0 bridgehead atoms. The van der Waals surface area contributed by atoms with Gasteiger partial charge in [0.15, 0.2) is 6.10 Å². The minimum atomic E-state index is -3.86. The average molecular weight is 375 g/mol. The van der Waals surface area contributed by atoms with Gasteiger partial charge in [-0.25, -0.2) is 13.2 Å². The predicted molar refractivity (Wildman–Crippen MR) is 75.2 cm³/mol. The number of hydrogen-bond acceptors (Lipinski definition) is 5. The highest BCUT2D eigenvalue weighted by molar-refractivity contribution is 9.10. The van der Waals surface area contributed by atoms with Gasteiger partial charge >= 0.3 is 5.97 Å². The van der Waals surface area contributed by atoms with Crippen LogP contribution in [0.25, 0.3) is 0 Å². The van der Waals surface area contributed by atoms with Crippen LogP contribution in [0.2, 0.25) is 0 Å². The molecule has 1 aromatic carbocycles. The van der Waals surface area contributed by atoms with Gasteiger partial charge in [-0.05, 0) is 34.1 Å². The second-order valence-electron chi connectivity index (χ2n) is 4.30. The monoisotopic (exact) mass is 374 g/mol. The number of carbonyl (C=O) groups is 1. The van der Waals surface area contributed by atoms with Crippen molar-refractivity contribution in [1.29, 1.82) is 5.26 Å². The first-order valence-electron chi connectivity index (χ1n) is 5.90. The number of nitrogens with zero attached hydrogens (tertiary/aromatic N) is 2. The van der Waals surface area contributed by atoms with Crippen molar-refractivity contribution < 1.29 is 23.1 Å². The highest BCUT2D eigenvalue weighted by atomic mass is 79.9. The maximum absolute atomic E-state index is 12.5. The minimum Gasteiger partial charge on any atom is -0.478 e. The first kappa shape index (κ1) is 15.9. The van der Waals surface area contributed by atoms with Gasteiger partial charge in [-0.1, -0.05) is 0 Å². The van der Waals surface area contributed by atoms with Crippen LogP contribution in [-0.4, -0.2) is 49.6 Å². The molecule has 0 aliphatic carbocycles. The Morgan fingerprint density at radius 1 is 1.52 bits per heavy atom. The lowest BCUT2D eigenvalue weighted by Crippen LogP contribution is -2.45. The van der Waals surface area contributed by atoms with Crippen LogP contribution in [0.5, 0.6) is 0 Å². The summed E-state index contributed by atoms with van der Waals surface area (Å²) in [6.45, 7) is 0.177. The lowest BCUT2D eigenvalue weighted by atomic mass is 10.2. The fraction of sp³-hybridized carbons (Fsp3) is 0.333. The summed E-state index contributed by atoms with van der Waals surface area (Å²) in [5.41, 5.74) is -0.138. The number of rotatable bonds is 3. The largest absolute Gasteiger partial charge is 0.478 e. The first-order valence-corrected chi connectivity index (χ1v) is 8.14. The zero-order chi connectivity index (χ0) is 15.6. The van der Waals surface area contributed by atoms with Gasteiger partial charge in [0.05, 0.1) is 29.7 Å². The second kappa shape index (κ2) is 6.11. The number of halogens is 1. The van der Waals surface area contributed by atoms with Crippen LogP contribution in [0.4, 0.5) is 0 Å². The van der Waals surface area contributed by atoms with Crippen molar-refractivity contribution in [2.24, 2.45) is 0 Å². The zero-order valence-electron chi connectivity index (χ0n) is 10.7. The van der Waals surface area contributed by atoms with E-state index in [0.717, 1.165) is 10.4 Å². The maximum atomic E-state index is 12.5. The van der Waals surface area contributed by atoms with Gasteiger partial charge in [0.1, 0.15) is 0 Å². The van der Waals surface area contributed by atoms with E-state index in [-0.39, 0.29) is 30.2 Å². The molecule has 112 valence electrons. The third-order valence-corrected chi connectivity index (χ3v) is 5.53. The predicted octanol–water partition coefficient (Wildman–Crippen LogP) is 1.06. The number of aromatic carboxylic acids is 1. The molecule has 2 rings (SSSR count). The molecule has 0 radical (unpaired) electrons. The van der Waals surface area contributed by atoms with E-state index in [9.17, 15) is 13.2 Å². The van der Waals surface area contributed by atoms with E-state index in [0.29, 0.717) is 4.47 Å². The first-order chi connectivity index (χ1) is 9.86. The summed E-state index contributed by atoms with van der Waals surface area (Å²) >= 11 is 3.06. The van der Waals surface area contributed by atoms with Crippen molar-refractivity contribution in [2.45, 2.75) is 11.0 Å². The van der Waals surface area contributed by atoms with Crippen molar-refractivity contribution in [3.05, 3.63) is 28.2 Å². The SMILES string of the molecule is N#CC1CN(S(=O)(=O)c2ccc(Br)c(C(=O)O)c2)CCO1. The van der Waals surface area contributed by atoms with E-state index >= 15 is 0 Å². The van der Waals surface area contributed by atoms with E-state index in [1.807, 2.05) is 6.07 Å². The number of hydrogen-bond donors (Lipinski definition) is 1. The van der Waals surface area contributed by atoms with E-state index in [4.69, 9.17) is 15.1 Å². The number of carboxylic acids is 1. The molecule has 0 aromatic heterocycles. The van der Waals surface area contributed by atoms with Crippen molar-refractivity contribution in [3.8, 4) is 6.07 Å². The Kier molecular flexibility index (Phi) is 4.63. The summed E-state index contributed by atoms with van der Waals surface area (Å²) in [6, 6.07) is 5.66. The summed E-state index contributed by atoms with van der Waals surface area (Å²) in [4.78, 5) is 11.0. The van der Waals surface area contributed by atoms with Gasteiger partial charge in [0.25, 0.3) is 0 Å². The fourth-order valence-corrected chi connectivity index (χ4v) is 3.77. The highest BCUT2D eigenvalue weighted by Gasteiger charge is 2.31. The molecular weight excluding hydrogens is 364 g/mol. The van der Waals surface area contributed by atoms with Crippen LogP contribution in [0, 0.1) is 11.3 Å². The zero-order valence-corrected chi connectivity index (χ0v) is 13.1. The Morgan fingerprint density at radius 2 is 2.24 bits per heavy atom. The molecule has 1 aliphatic heterocycles. The Bertz CT molecular complexity index is 713. The summed E-state index contributed by atoms with van der Waals surface area (Å²) in [5, 5.41) is 17.9. The van der Waals surface area contributed by atoms with Crippen LogP contribution in [-0.2, 0) is 14.8 Å². The quantitative estimate of drug-likeness (QED) is 0.847. The van der Waals surface area contributed by atoms with E-state index in [2.05, 4.69) is 15.9 Å². The molecule has 1 atom stereocenters. The van der Waals surface area contributed by atoms with Gasteiger partial charge in [-0.3, -0.25) is 0 Å². The number of carboxylic acid groups (broad SMARTS) is 1. The highest BCUT2D eigenvalue weighted by Crippen LogP contribution is 2.24. The number of benzene rings is 1. The second-order valence-corrected chi connectivity index (χ2v) is 7.09. The maximum Gasteiger partial charge on any atom is 0.336 e. The Balaban J connectivity index is 2.38. The van der Waals surface area contributed by atoms with Crippen molar-refractivity contribution >= 4 is 31.9 Å². The number of morpholine rings is 1. The van der Waals surface area contributed by atoms with E-state index in [1.54, 1.807) is 0 Å². The summed E-state index contributed by atoms with van der Waals surface area (Å²) < 4.78 is 31.5. The van der Waals surface area contributed by atoms with Crippen LogP contribution in [0.3, 0.4) is 0 Å². The standard InChI is InChI=1S/C12H11BrN2O5S/c13-11-2-1-9(5-10(11)12(16)17)21(18,19)15-3-4-20-8(6-14)7-15/h1-2,5,8H,3-4,7H2,(H,16,17). The molecule has 0 spiro atoms. The lowest BCUT2D eigenvalue weighted by Gasteiger charge is -2.29. The molecule has 1 aliphatic rings. The summed E-state index contributed by atoms with van der Waals surface area (Å²) in [6.07, 6.45) is -0.817. The third kappa shape index (κ3) is 3.24. The van der Waals surface area contributed by atoms with Crippen LogP contribution in [0.15, 0.2) is 27.6 Å². The van der Waals surface area contributed by atoms with Gasteiger partial charge in [-0.15, -0.1) is 0 Å². The molecule has 1 unspecified atom stereocenters. The molecule has 7 nitrogen and oxygen atoms in total. The summed E-state index contributed by atoms with van der Waals surface area (Å²) in [5.74, 6) is -1.23. The number of ether oxygens (including phenoxy) is 1.